The van der Waals surface area contributed by atoms with E-state index in [-0.39, 0.29) is 0 Å². The summed E-state index contributed by atoms with van der Waals surface area (Å²) in [5.74, 6) is 1.22. The second-order valence-electron chi connectivity index (χ2n) is 3.70. The summed E-state index contributed by atoms with van der Waals surface area (Å²) in [7, 11) is 0. The molecule has 13 heavy (non-hydrogen) atoms. The molecule has 2 heterocycles. The standard InChI is InChI=1S/C10H17N3/c1-3-9-10-12-8(2)7-13(10)6-4-5-11-9/h7,9,11H,3-6H2,1-2H3/t9-/m1/s1. The van der Waals surface area contributed by atoms with E-state index in [4.69, 9.17) is 0 Å². The number of rotatable bonds is 1. The molecule has 1 aliphatic rings. The van der Waals surface area contributed by atoms with Crippen molar-refractivity contribution in [2.75, 3.05) is 6.54 Å². The number of imidazole rings is 1. The van der Waals surface area contributed by atoms with Crippen molar-refractivity contribution in [2.24, 2.45) is 0 Å². The van der Waals surface area contributed by atoms with E-state index in [1.807, 2.05) is 0 Å². The number of nitrogens with one attached hydrogen (secondary N) is 1. The number of hydrogen-bond acceptors (Lipinski definition) is 2. The molecule has 1 aliphatic heterocycles. The van der Waals surface area contributed by atoms with Crippen LogP contribution in [0.25, 0.3) is 0 Å². The molecule has 1 N–H and O–H groups in total. The fraction of sp³-hybridized carbons (Fsp3) is 0.700. The van der Waals surface area contributed by atoms with Crippen LogP contribution in [0.3, 0.4) is 0 Å². The van der Waals surface area contributed by atoms with Crippen molar-refractivity contribution in [3.8, 4) is 0 Å². The third kappa shape index (κ3) is 1.61. The molecule has 1 atom stereocenters. The zero-order valence-electron chi connectivity index (χ0n) is 8.38. The topological polar surface area (TPSA) is 29.9 Å². The number of hydrogen-bond donors (Lipinski definition) is 1. The van der Waals surface area contributed by atoms with Gasteiger partial charge >= 0.3 is 0 Å². The molecule has 3 heteroatoms. The predicted octanol–water partition coefficient (Wildman–Crippen LogP) is 1.64. The van der Waals surface area contributed by atoms with Gasteiger partial charge in [0, 0.05) is 12.7 Å². The molecule has 0 aliphatic carbocycles. The van der Waals surface area contributed by atoms with Gasteiger partial charge in [0.25, 0.3) is 0 Å². The molecule has 0 saturated carbocycles. The Morgan fingerprint density at radius 3 is 3.31 bits per heavy atom. The summed E-state index contributed by atoms with van der Waals surface area (Å²) in [5.41, 5.74) is 1.14. The minimum absolute atomic E-state index is 0.455. The maximum atomic E-state index is 4.56. The molecule has 0 radical (unpaired) electrons. The Morgan fingerprint density at radius 1 is 1.69 bits per heavy atom. The molecule has 0 amide bonds. The smallest absolute Gasteiger partial charge is 0.126 e. The van der Waals surface area contributed by atoms with Crippen LogP contribution < -0.4 is 5.32 Å². The Kier molecular flexibility index (Phi) is 2.36. The van der Waals surface area contributed by atoms with E-state index in [0.29, 0.717) is 6.04 Å². The highest BCUT2D eigenvalue weighted by Gasteiger charge is 2.18. The second-order valence-corrected chi connectivity index (χ2v) is 3.70. The third-order valence-corrected chi connectivity index (χ3v) is 2.61. The summed E-state index contributed by atoms with van der Waals surface area (Å²) in [6, 6.07) is 0.455. The Hall–Kier alpha value is -0.830. The van der Waals surface area contributed by atoms with E-state index in [2.05, 4.69) is 34.9 Å². The highest BCUT2D eigenvalue weighted by molar-refractivity contribution is 5.07. The Morgan fingerprint density at radius 2 is 2.54 bits per heavy atom. The summed E-state index contributed by atoms with van der Waals surface area (Å²) in [6.45, 7) is 6.49. The van der Waals surface area contributed by atoms with Crippen LogP contribution >= 0.6 is 0 Å². The molecule has 0 spiro atoms. The molecular formula is C10H17N3. The van der Waals surface area contributed by atoms with Crippen LogP contribution in [0.5, 0.6) is 0 Å². The minimum atomic E-state index is 0.455. The van der Waals surface area contributed by atoms with Crippen molar-refractivity contribution < 1.29 is 0 Å². The third-order valence-electron chi connectivity index (χ3n) is 2.61. The highest BCUT2D eigenvalue weighted by Crippen LogP contribution is 2.18. The van der Waals surface area contributed by atoms with Gasteiger partial charge in [0.1, 0.15) is 5.82 Å². The van der Waals surface area contributed by atoms with Gasteiger partial charge in [-0.1, -0.05) is 6.92 Å². The van der Waals surface area contributed by atoms with Gasteiger partial charge in [-0.15, -0.1) is 0 Å². The summed E-state index contributed by atoms with van der Waals surface area (Å²) in [5, 5.41) is 3.52. The molecule has 1 aromatic heterocycles. The van der Waals surface area contributed by atoms with Gasteiger partial charge in [-0.05, 0) is 26.3 Å². The first-order chi connectivity index (χ1) is 6.31. The SMILES string of the molecule is CC[C@H]1NCCCn2cc(C)nc21. The van der Waals surface area contributed by atoms with Crippen molar-refractivity contribution in [1.29, 1.82) is 0 Å². The van der Waals surface area contributed by atoms with Crippen molar-refractivity contribution in [2.45, 2.75) is 39.3 Å². The zero-order chi connectivity index (χ0) is 9.26. The lowest BCUT2D eigenvalue weighted by Crippen LogP contribution is -2.21. The molecule has 2 rings (SSSR count). The van der Waals surface area contributed by atoms with Crippen LogP contribution in [0.1, 0.15) is 37.3 Å². The number of nitrogens with zero attached hydrogens (tertiary/aromatic N) is 2. The van der Waals surface area contributed by atoms with Crippen LogP contribution in [0, 0.1) is 6.92 Å². The summed E-state index contributed by atoms with van der Waals surface area (Å²) in [4.78, 5) is 4.56. The van der Waals surface area contributed by atoms with Gasteiger partial charge < -0.3 is 9.88 Å². The first-order valence-corrected chi connectivity index (χ1v) is 5.08. The van der Waals surface area contributed by atoms with E-state index in [1.165, 1.54) is 12.2 Å². The van der Waals surface area contributed by atoms with Gasteiger partial charge in [0.05, 0.1) is 11.7 Å². The van der Waals surface area contributed by atoms with Gasteiger partial charge in [-0.2, -0.15) is 0 Å². The predicted molar refractivity (Wildman–Crippen MR) is 52.6 cm³/mol. The van der Waals surface area contributed by atoms with Gasteiger partial charge in [0.15, 0.2) is 0 Å². The monoisotopic (exact) mass is 179 g/mol. The molecule has 0 saturated heterocycles. The molecule has 3 nitrogen and oxygen atoms in total. The number of aromatic nitrogens is 2. The zero-order valence-corrected chi connectivity index (χ0v) is 8.38. The normalized spacial score (nSPS) is 22.5. The quantitative estimate of drug-likeness (QED) is 0.710. The van der Waals surface area contributed by atoms with E-state index in [1.54, 1.807) is 0 Å². The maximum absolute atomic E-state index is 4.56. The first kappa shape index (κ1) is 8.75. The highest BCUT2D eigenvalue weighted by atomic mass is 15.1. The lowest BCUT2D eigenvalue weighted by Gasteiger charge is -2.12. The largest absolute Gasteiger partial charge is 0.333 e. The Balaban J connectivity index is 2.34. The van der Waals surface area contributed by atoms with E-state index >= 15 is 0 Å². The summed E-state index contributed by atoms with van der Waals surface area (Å²) >= 11 is 0. The average Bonchev–Trinajstić information content (AvgIpc) is 2.37. The second kappa shape index (κ2) is 3.50. The minimum Gasteiger partial charge on any atom is -0.333 e. The van der Waals surface area contributed by atoms with E-state index < -0.39 is 0 Å². The van der Waals surface area contributed by atoms with Crippen LogP contribution in [-0.2, 0) is 6.54 Å². The van der Waals surface area contributed by atoms with E-state index in [9.17, 15) is 0 Å². The molecule has 72 valence electrons. The van der Waals surface area contributed by atoms with E-state index in [0.717, 1.165) is 25.2 Å². The molecule has 1 aromatic rings. The van der Waals surface area contributed by atoms with Crippen LogP contribution in [0.2, 0.25) is 0 Å². The Labute approximate surface area is 79.2 Å². The lowest BCUT2D eigenvalue weighted by atomic mass is 10.2. The van der Waals surface area contributed by atoms with Crippen LogP contribution in [0.15, 0.2) is 6.20 Å². The van der Waals surface area contributed by atoms with Crippen molar-refractivity contribution in [1.82, 2.24) is 14.9 Å². The number of aryl methyl sites for hydroxylation is 2. The van der Waals surface area contributed by atoms with Crippen molar-refractivity contribution in [3.63, 3.8) is 0 Å². The Bertz CT molecular complexity index is 290. The molecule has 0 bridgehead atoms. The van der Waals surface area contributed by atoms with Crippen LogP contribution in [0.4, 0.5) is 0 Å². The number of fused-ring (bicyclic) bond motifs is 1. The first-order valence-electron chi connectivity index (χ1n) is 5.08. The van der Waals surface area contributed by atoms with Crippen LogP contribution in [-0.4, -0.2) is 16.1 Å². The molecule has 0 aromatic carbocycles. The summed E-state index contributed by atoms with van der Waals surface area (Å²) < 4.78 is 2.30. The molecule has 0 unspecified atom stereocenters. The maximum Gasteiger partial charge on any atom is 0.126 e. The average molecular weight is 179 g/mol. The van der Waals surface area contributed by atoms with Crippen molar-refractivity contribution in [3.05, 3.63) is 17.7 Å². The molecular weight excluding hydrogens is 162 g/mol. The fourth-order valence-corrected chi connectivity index (χ4v) is 1.97. The fourth-order valence-electron chi connectivity index (χ4n) is 1.97. The summed E-state index contributed by atoms with van der Waals surface area (Å²) in [6.07, 6.45) is 4.49. The van der Waals surface area contributed by atoms with Gasteiger partial charge in [-0.3, -0.25) is 0 Å². The van der Waals surface area contributed by atoms with Gasteiger partial charge in [-0.25, -0.2) is 4.98 Å². The van der Waals surface area contributed by atoms with Gasteiger partial charge in [0.2, 0.25) is 0 Å². The van der Waals surface area contributed by atoms with Crippen molar-refractivity contribution >= 4 is 0 Å². The lowest BCUT2D eigenvalue weighted by molar-refractivity contribution is 0.514. The molecule has 0 fully saturated rings.